The van der Waals surface area contributed by atoms with E-state index in [9.17, 15) is 5.26 Å². The number of hydrogen-bond donors (Lipinski definition) is 2. The number of fused-ring (bicyclic) bond motifs is 1. The van der Waals surface area contributed by atoms with E-state index in [1.165, 1.54) is 17.3 Å². The number of nitriles is 1. The van der Waals surface area contributed by atoms with Gasteiger partial charge in [0.25, 0.3) is 0 Å². The van der Waals surface area contributed by atoms with E-state index in [-0.39, 0.29) is 0 Å². The zero-order chi connectivity index (χ0) is 17.1. The molecular formula is C19H17N3S2. The van der Waals surface area contributed by atoms with Crippen molar-refractivity contribution in [3.63, 3.8) is 0 Å². The van der Waals surface area contributed by atoms with E-state index in [1.807, 2.05) is 36.4 Å². The van der Waals surface area contributed by atoms with Gasteiger partial charge >= 0.3 is 0 Å². The van der Waals surface area contributed by atoms with Crippen molar-refractivity contribution < 1.29 is 0 Å². The van der Waals surface area contributed by atoms with Crippen molar-refractivity contribution in [1.29, 1.82) is 5.26 Å². The summed E-state index contributed by atoms with van der Waals surface area (Å²) < 4.78 is 0. The monoisotopic (exact) mass is 351 g/mol. The van der Waals surface area contributed by atoms with Gasteiger partial charge in [-0.05, 0) is 35.7 Å². The summed E-state index contributed by atoms with van der Waals surface area (Å²) in [5.41, 5.74) is 3.63. The molecule has 0 amide bonds. The molecule has 0 saturated heterocycles. The third-order valence-corrected chi connectivity index (χ3v) is 5.14. The Balaban J connectivity index is 1.79. The van der Waals surface area contributed by atoms with Gasteiger partial charge in [0.1, 0.15) is 16.6 Å². The molecule has 5 heteroatoms. The lowest BCUT2D eigenvalue weighted by Crippen LogP contribution is -2.14. The third-order valence-electron chi connectivity index (χ3n) is 3.75. The van der Waals surface area contributed by atoms with Crippen LogP contribution in [-0.2, 0) is 0 Å². The average molecular weight is 352 g/mol. The van der Waals surface area contributed by atoms with E-state index < -0.39 is 0 Å². The maximum absolute atomic E-state index is 9.54. The van der Waals surface area contributed by atoms with Crippen LogP contribution in [0.15, 0.2) is 64.0 Å². The van der Waals surface area contributed by atoms with Crippen LogP contribution in [0.5, 0.6) is 0 Å². The lowest BCUT2D eigenvalue weighted by atomic mass is 10.0. The molecule has 0 fully saturated rings. The van der Waals surface area contributed by atoms with Gasteiger partial charge in [-0.1, -0.05) is 62.1 Å². The molecule has 0 unspecified atom stereocenters. The van der Waals surface area contributed by atoms with E-state index in [4.69, 9.17) is 12.2 Å². The molecule has 120 valence electrons. The summed E-state index contributed by atoms with van der Waals surface area (Å²) in [6, 6.07) is 18.3. The Hall–Kier alpha value is -2.29. The quantitative estimate of drug-likeness (QED) is 0.434. The van der Waals surface area contributed by atoms with Gasteiger partial charge in [-0.3, -0.25) is 0 Å². The van der Waals surface area contributed by atoms with Crippen LogP contribution in [-0.4, -0.2) is 4.99 Å². The number of para-hydroxylation sites is 1. The van der Waals surface area contributed by atoms with Crippen molar-refractivity contribution in [2.24, 2.45) is 0 Å². The zero-order valence-electron chi connectivity index (χ0n) is 13.5. The minimum Gasteiger partial charge on any atom is -0.348 e. The number of thioether (sulfide) groups is 1. The number of nitrogens with zero attached hydrogens (tertiary/aromatic N) is 1. The second kappa shape index (κ2) is 7.08. The maximum atomic E-state index is 9.54. The van der Waals surface area contributed by atoms with Crippen molar-refractivity contribution in [1.82, 2.24) is 0 Å². The fourth-order valence-electron chi connectivity index (χ4n) is 2.38. The van der Waals surface area contributed by atoms with E-state index in [0.29, 0.717) is 16.5 Å². The van der Waals surface area contributed by atoms with Crippen LogP contribution in [0, 0.1) is 11.3 Å². The third kappa shape index (κ3) is 3.45. The molecule has 0 bridgehead atoms. The molecule has 1 aliphatic rings. The molecule has 1 heterocycles. The summed E-state index contributed by atoms with van der Waals surface area (Å²) in [5.74, 6) is 0.486. The van der Waals surface area contributed by atoms with Crippen molar-refractivity contribution in [3.05, 3.63) is 64.7 Å². The molecule has 0 aromatic heterocycles. The van der Waals surface area contributed by atoms with Crippen LogP contribution in [0.1, 0.15) is 25.3 Å². The number of hydrogen-bond acceptors (Lipinski definition) is 4. The Morgan fingerprint density at radius 2 is 1.88 bits per heavy atom. The lowest BCUT2D eigenvalue weighted by Gasteiger charge is -2.11. The van der Waals surface area contributed by atoms with Crippen molar-refractivity contribution >= 4 is 40.3 Å². The summed E-state index contributed by atoms with van der Waals surface area (Å²) in [7, 11) is 0. The lowest BCUT2D eigenvalue weighted by molar-refractivity contribution is 0.867. The van der Waals surface area contributed by atoms with Gasteiger partial charge < -0.3 is 10.6 Å². The van der Waals surface area contributed by atoms with Crippen LogP contribution in [0.4, 0.5) is 11.4 Å². The van der Waals surface area contributed by atoms with Crippen LogP contribution >= 0.6 is 24.0 Å². The summed E-state index contributed by atoms with van der Waals surface area (Å²) in [6.45, 7) is 4.32. The fourth-order valence-corrected chi connectivity index (χ4v) is 3.72. The molecule has 1 aliphatic heterocycles. The van der Waals surface area contributed by atoms with Gasteiger partial charge in [0.15, 0.2) is 0 Å². The topological polar surface area (TPSA) is 47.9 Å². The standard InChI is InChI=1S/C19H17N3S2/c1-12(2)13-7-9-14(10-8-13)21-18(23)15(11-20)19-22-16-5-3-4-6-17(16)24-19/h3-10,12,22H,1-2H3,(H,21,23). The van der Waals surface area contributed by atoms with Crippen LogP contribution in [0.25, 0.3) is 0 Å². The highest BCUT2D eigenvalue weighted by Crippen LogP contribution is 2.42. The first kappa shape index (κ1) is 16.6. The van der Waals surface area contributed by atoms with Crippen molar-refractivity contribution in [2.75, 3.05) is 10.6 Å². The van der Waals surface area contributed by atoms with E-state index in [1.54, 1.807) is 0 Å². The number of rotatable bonds is 3. The molecule has 0 aliphatic carbocycles. The van der Waals surface area contributed by atoms with Gasteiger partial charge in [0.05, 0.1) is 10.7 Å². The highest BCUT2D eigenvalue weighted by atomic mass is 32.2. The second-order valence-electron chi connectivity index (χ2n) is 5.77. The van der Waals surface area contributed by atoms with Crippen LogP contribution in [0.2, 0.25) is 0 Å². The SMILES string of the molecule is CC(C)c1ccc(NC(=S)C(C#N)=C2Nc3ccccc3S2)cc1. The molecule has 2 aromatic carbocycles. The number of benzene rings is 2. The van der Waals surface area contributed by atoms with Crippen molar-refractivity contribution in [2.45, 2.75) is 24.7 Å². The first-order chi connectivity index (χ1) is 11.6. The van der Waals surface area contributed by atoms with E-state index in [0.717, 1.165) is 21.3 Å². The predicted molar refractivity (Wildman–Crippen MR) is 105 cm³/mol. The predicted octanol–water partition coefficient (Wildman–Crippen LogP) is 5.50. The Bertz CT molecular complexity index is 819. The van der Waals surface area contributed by atoms with Gasteiger partial charge in [0, 0.05) is 10.6 Å². The van der Waals surface area contributed by atoms with Gasteiger partial charge in [-0.2, -0.15) is 5.26 Å². The number of thiocarbonyl (C=S) groups is 1. The molecule has 2 N–H and O–H groups in total. The van der Waals surface area contributed by atoms with E-state index >= 15 is 0 Å². The molecule has 3 nitrogen and oxygen atoms in total. The highest BCUT2D eigenvalue weighted by molar-refractivity contribution is 8.03. The highest BCUT2D eigenvalue weighted by Gasteiger charge is 2.21. The van der Waals surface area contributed by atoms with Crippen LogP contribution < -0.4 is 10.6 Å². The Kier molecular flexibility index (Phi) is 4.89. The molecule has 0 atom stereocenters. The molecule has 2 aromatic rings. The van der Waals surface area contributed by atoms with E-state index in [2.05, 4.69) is 42.7 Å². The minimum absolute atomic E-state index is 0.428. The molecule has 0 spiro atoms. The summed E-state index contributed by atoms with van der Waals surface area (Å²) in [5, 5.41) is 16.7. The average Bonchev–Trinajstić information content (AvgIpc) is 2.99. The first-order valence-electron chi connectivity index (χ1n) is 7.68. The molecule has 3 rings (SSSR count). The largest absolute Gasteiger partial charge is 0.348 e. The van der Waals surface area contributed by atoms with Gasteiger partial charge in [-0.15, -0.1) is 0 Å². The Morgan fingerprint density at radius 3 is 2.50 bits per heavy atom. The van der Waals surface area contributed by atoms with Gasteiger partial charge in [-0.25, -0.2) is 0 Å². The summed E-state index contributed by atoms with van der Waals surface area (Å²) in [4.78, 5) is 1.53. The zero-order valence-corrected chi connectivity index (χ0v) is 15.1. The number of nitrogens with one attached hydrogen (secondary N) is 2. The van der Waals surface area contributed by atoms with Gasteiger partial charge in [0.2, 0.25) is 0 Å². The summed E-state index contributed by atoms with van der Waals surface area (Å²) in [6.07, 6.45) is 0. The molecule has 0 saturated carbocycles. The van der Waals surface area contributed by atoms with Crippen molar-refractivity contribution in [3.8, 4) is 6.07 Å². The normalized spacial score (nSPS) is 14.6. The molecule has 24 heavy (non-hydrogen) atoms. The second-order valence-corrected chi connectivity index (χ2v) is 7.23. The summed E-state index contributed by atoms with van der Waals surface area (Å²) >= 11 is 6.98. The molecule has 0 radical (unpaired) electrons. The number of anilines is 2. The Morgan fingerprint density at radius 1 is 1.17 bits per heavy atom. The maximum Gasteiger partial charge on any atom is 0.124 e. The fraction of sp³-hybridized carbons (Fsp3) is 0.158. The van der Waals surface area contributed by atoms with Crippen LogP contribution in [0.3, 0.4) is 0 Å². The molecular weight excluding hydrogens is 334 g/mol. The smallest absolute Gasteiger partial charge is 0.124 e. The minimum atomic E-state index is 0.428. The first-order valence-corrected chi connectivity index (χ1v) is 8.90. The Labute approximate surface area is 151 Å².